The molecule has 0 saturated heterocycles. The third-order valence-electron chi connectivity index (χ3n) is 0.806. The SMILES string of the molecule is C=C(CC)OC(=O)C(=O)O. The smallest absolute Gasteiger partial charge is 0.422 e. The number of allylic oxidation sites excluding steroid dienone is 1. The van der Waals surface area contributed by atoms with Crippen molar-refractivity contribution < 1.29 is 19.4 Å². The number of ether oxygens (including phenoxy) is 1. The zero-order valence-corrected chi connectivity index (χ0v) is 5.59. The average Bonchev–Trinajstić information content (AvgIpc) is 1.87. The maximum Gasteiger partial charge on any atom is 0.422 e. The maximum atomic E-state index is 10.2. The van der Waals surface area contributed by atoms with Gasteiger partial charge in [-0.1, -0.05) is 13.5 Å². The van der Waals surface area contributed by atoms with E-state index in [-0.39, 0.29) is 5.76 Å². The van der Waals surface area contributed by atoms with Gasteiger partial charge in [-0.25, -0.2) is 9.59 Å². The molecule has 0 saturated carbocycles. The van der Waals surface area contributed by atoms with Crippen LogP contribution in [-0.2, 0) is 14.3 Å². The number of aliphatic carboxylic acids is 1. The molecule has 0 aromatic heterocycles. The maximum absolute atomic E-state index is 10.2. The second kappa shape index (κ2) is 3.66. The van der Waals surface area contributed by atoms with E-state index < -0.39 is 11.9 Å². The molecule has 0 aliphatic heterocycles. The Kier molecular flexibility index (Phi) is 3.17. The van der Waals surface area contributed by atoms with E-state index in [2.05, 4.69) is 11.3 Å². The van der Waals surface area contributed by atoms with E-state index in [0.29, 0.717) is 6.42 Å². The number of carbonyl (C=O) groups excluding carboxylic acids is 1. The highest BCUT2D eigenvalue weighted by atomic mass is 16.6. The molecular weight excluding hydrogens is 136 g/mol. The number of carboxylic acid groups (broad SMARTS) is 1. The first-order valence-electron chi connectivity index (χ1n) is 2.70. The Bertz CT molecular complexity index is 171. The summed E-state index contributed by atoms with van der Waals surface area (Å²) in [5.74, 6) is -2.73. The molecule has 4 nitrogen and oxygen atoms in total. The third kappa shape index (κ3) is 2.86. The van der Waals surface area contributed by atoms with E-state index in [1.54, 1.807) is 6.92 Å². The van der Waals surface area contributed by atoms with Crippen LogP contribution in [0, 0.1) is 0 Å². The van der Waals surface area contributed by atoms with Crippen LogP contribution >= 0.6 is 0 Å². The number of hydrogen-bond donors (Lipinski definition) is 1. The van der Waals surface area contributed by atoms with Gasteiger partial charge in [0.2, 0.25) is 0 Å². The van der Waals surface area contributed by atoms with Crippen LogP contribution in [0.25, 0.3) is 0 Å². The van der Waals surface area contributed by atoms with Gasteiger partial charge in [0.05, 0.1) is 0 Å². The topological polar surface area (TPSA) is 63.6 Å². The minimum Gasteiger partial charge on any atom is -0.473 e. The first-order valence-corrected chi connectivity index (χ1v) is 2.70. The largest absolute Gasteiger partial charge is 0.473 e. The quantitative estimate of drug-likeness (QED) is 0.349. The van der Waals surface area contributed by atoms with Gasteiger partial charge in [0.15, 0.2) is 0 Å². The summed E-state index contributed by atoms with van der Waals surface area (Å²) in [6.45, 7) is 4.99. The monoisotopic (exact) mass is 144 g/mol. The van der Waals surface area contributed by atoms with Crippen LogP contribution in [0.2, 0.25) is 0 Å². The van der Waals surface area contributed by atoms with Gasteiger partial charge in [-0.3, -0.25) is 0 Å². The molecule has 0 bridgehead atoms. The van der Waals surface area contributed by atoms with E-state index in [1.807, 2.05) is 0 Å². The Morgan fingerprint density at radius 1 is 1.60 bits per heavy atom. The molecule has 0 amide bonds. The Hall–Kier alpha value is -1.32. The van der Waals surface area contributed by atoms with Crippen molar-refractivity contribution in [1.29, 1.82) is 0 Å². The summed E-state index contributed by atoms with van der Waals surface area (Å²) in [5.41, 5.74) is 0. The fourth-order valence-electron chi connectivity index (χ4n) is 0.247. The normalized spacial score (nSPS) is 8.50. The molecule has 10 heavy (non-hydrogen) atoms. The summed E-state index contributed by atoms with van der Waals surface area (Å²) < 4.78 is 4.23. The minimum atomic E-state index is -1.60. The van der Waals surface area contributed by atoms with Crippen LogP contribution in [0.1, 0.15) is 13.3 Å². The van der Waals surface area contributed by atoms with E-state index in [9.17, 15) is 9.59 Å². The summed E-state index contributed by atoms with van der Waals surface area (Å²) in [6.07, 6.45) is 0.430. The number of hydrogen-bond acceptors (Lipinski definition) is 3. The summed E-state index contributed by atoms with van der Waals surface area (Å²) in [4.78, 5) is 20.1. The lowest BCUT2D eigenvalue weighted by Crippen LogP contribution is -2.15. The van der Waals surface area contributed by atoms with Gasteiger partial charge >= 0.3 is 11.9 Å². The summed E-state index contributed by atoms with van der Waals surface area (Å²) in [7, 11) is 0. The van der Waals surface area contributed by atoms with Gasteiger partial charge in [0.1, 0.15) is 5.76 Å². The second-order valence-corrected chi connectivity index (χ2v) is 1.59. The Labute approximate surface area is 58.1 Å². The average molecular weight is 144 g/mol. The van der Waals surface area contributed by atoms with Crippen molar-refractivity contribution in [3.8, 4) is 0 Å². The molecule has 0 aromatic rings. The predicted octanol–water partition coefficient (Wildman–Crippen LogP) is 0.538. The molecule has 0 aliphatic rings. The van der Waals surface area contributed by atoms with Crippen molar-refractivity contribution in [3.63, 3.8) is 0 Å². The van der Waals surface area contributed by atoms with E-state index >= 15 is 0 Å². The lowest BCUT2D eigenvalue weighted by molar-refractivity contribution is -0.161. The minimum absolute atomic E-state index is 0.160. The van der Waals surface area contributed by atoms with Crippen LogP contribution in [0.5, 0.6) is 0 Å². The molecule has 0 aliphatic carbocycles. The van der Waals surface area contributed by atoms with Crippen molar-refractivity contribution in [2.75, 3.05) is 0 Å². The molecule has 1 N–H and O–H groups in total. The molecule has 0 spiro atoms. The highest BCUT2D eigenvalue weighted by molar-refractivity contribution is 6.28. The number of carbonyl (C=O) groups is 2. The number of esters is 1. The van der Waals surface area contributed by atoms with Crippen LogP contribution in [0.4, 0.5) is 0 Å². The van der Waals surface area contributed by atoms with Crippen molar-refractivity contribution in [2.45, 2.75) is 13.3 Å². The van der Waals surface area contributed by atoms with Gasteiger partial charge in [0.25, 0.3) is 0 Å². The standard InChI is InChI=1S/C6H8O4/c1-3-4(2)10-6(9)5(7)8/h2-3H2,1H3,(H,7,8). The Morgan fingerprint density at radius 2 is 2.10 bits per heavy atom. The van der Waals surface area contributed by atoms with E-state index in [0.717, 1.165) is 0 Å². The first kappa shape index (κ1) is 8.68. The lowest BCUT2D eigenvalue weighted by atomic mass is 10.4. The second-order valence-electron chi connectivity index (χ2n) is 1.59. The zero-order valence-electron chi connectivity index (χ0n) is 5.59. The van der Waals surface area contributed by atoms with Crippen LogP contribution in [0.15, 0.2) is 12.3 Å². The van der Waals surface area contributed by atoms with Crippen LogP contribution in [0.3, 0.4) is 0 Å². The van der Waals surface area contributed by atoms with Gasteiger partial charge in [-0.15, -0.1) is 0 Å². The van der Waals surface area contributed by atoms with Gasteiger partial charge in [-0.05, 0) is 0 Å². The van der Waals surface area contributed by atoms with Crippen molar-refractivity contribution in [3.05, 3.63) is 12.3 Å². The molecule has 0 radical (unpaired) electrons. The highest BCUT2D eigenvalue weighted by Crippen LogP contribution is 1.98. The number of carboxylic acids is 1. The molecule has 0 aromatic carbocycles. The van der Waals surface area contributed by atoms with Gasteiger partial charge in [0, 0.05) is 6.42 Å². The fraction of sp³-hybridized carbons (Fsp3) is 0.333. The molecule has 0 unspecified atom stereocenters. The molecule has 56 valence electrons. The van der Waals surface area contributed by atoms with Crippen LogP contribution in [-0.4, -0.2) is 17.0 Å². The molecule has 4 heteroatoms. The fourth-order valence-corrected chi connectivity index (χ4v) is 0.247. The number of rotatable bonds is 2. The van der Waals surface area contributed by atoms with Gasteiger partial charge in [-0.2, -0.15) is 0 Å². The highest BCUT2D eigenvalue weighted by Gasteiger charge is 2.13. The summed E-state index contributed by atoms with van der Waals surface area (Å²) in [6, 6.07) is 0. The van der Waals surface area contributed by atoms with Crippen LogP contribution < -0.4 is 0 Å². The predicted molar refractivity (Wildman–Crippen MR) is 33.2 cm³/mol. The van der Waals surface area contributed by atoms with E-state index in [4.69, 9.17) is 5.11 Å². The zero-order chi connectivity index (χ0) is 8.15. The molecular formula is C6H8O4. The molecule has 0 rings (SSSR count). The summed E-state index contributed by atoms with van der Waals surface area (Å²) >= 11 is 0. The first-order chi connectivity index (χ1) is 4.57. The Morgan fingerprint density at radius 3 is 2.40 bits per heavy atom. The molecule has 0 atom stereocenters. The van der Waals surface area contributed by atoms with Crippen molar-refractivity contribution in [1.82, 2.24) is 0 Å². The molecule has 0 fully saturated rings. The van der Waals surface area contributed by atoms with E-state index in [1.165, 1.54) is 0 Å². The van der Waals surface area contributed by atoms with Crippen molar-refractivity contribution in [2.24, 2.45) is 0 Å². The molecule has 0 heterocycles. The summed E-state index contributed by atoms with van der Waals surface area (Å²) in [5, 5.41) is 8.01. The van der Waals surface area contributed by atoms with Crippen molar-refractivity contribution >= 4 is 11.9 Å². The Balaban J connectivity index is 3.80. The third-order valence-corrected chi connectivity index (χ3v) is 0.806. The van der Waals surface area contributed by atoms with Gasteiger partial charge < -0.3 is 9.84 Å². The lowest BCUT2D eigenvalue weighted by Gasteiger charge is -1.99.